The molecule has 8 heteroatoms. The van der Waals surface area contributed by atoms with E-state index in [4.69, 9.17) is 16.3 Å². The molecule has 0 radical (unpaired) electrons. The van der Waals surface area contributed by atoms with Crippen LogP contribution in [0.5, 0.6) is 5.75 Å². The van der Waals surface area contributed by atoms with Crippen LogP contribution in [-0.2, 0) is 0 Å². The summed E-state index contributed by atoms with van der Waals surface area (Å²) < 4.78 is 20.6. The number of piperazine rings is 1. The number of carbonyl (C=O) groups excluding carboxylic acids is 1. The average molecular weight is 429 g/mol. The van der Waals surface area contributed by atoms with Crippen LogP contribution < -0.4 is 4.74 Å². The van der Waals surface area contributed by atoms with Crippen LogP contribution >= 0.6 is 11.6 Å². The average Bonchev–Trinajstić information content (AvgIpc) is 3.25. The zero-order chi connectivity index (χ0) is 20.9. The van der Waals surface area contributed by atoms with Gasteiger partial charge in [0.1, 0.15) is 23.9 Å². The Morgan fingerprint density at radius 2 is 1.80 bits per heavy atom. The van der Waals surface area contributed by atoms with Crippen molar-refractivity contribution in [2.75, 3.05) is 39.3 Å². The second kappa shape index (κ2) is 9.28. The predicted octanol–water partition coefficient (Wildman–Crippen LogP) is 3.50. The van der Waals surface area contributed by atoms with Gasteiger partial charge in [-0.2, -0.15) is 0 Å². The molecule has 4 rings (SSSR count). The number of rotatable bonds is 6. The first-order valence-corrected chi connectivity index (χ1v) is 10.2. The molecular formula is C22H22ClFN4O2. The molecule has 0 saturated carbocycles. The summed E-state index contributed by atoms with van der Waals surface area (Å²) in [5.74, 6) is 0.284. The highest BCUT2D eigenvalue weighted by atomic mass is 35.5. The van der Waals surface area contributed by atoms with Gasteiger partial charge in [0, 0.05) is 38.4 Å². The second-order valence-electron chi connectivity index (χ2n) is 7.04. The number of imidazole rings is 1. The zero-order valence-electron chi connectivity index (χ0n) is 16.4. The lowest BCUT2D eigenvalue weighted by Crippen LogP contribution is -2.49. The number of halogens is 2. The third-order valence-electron chi connectivity index (χ3n) is 5.12. The number of ether oxygens (including phenoxy) is 1. The Hall–Kier alpha value is -2.90. The highest BCUT2D eigenvalue weighted by Crippen LogP contribution is 2.23. The summed E-state index contributed by atoms with van der Waals surface area (Å²) in [7, 11) is 0. The Morgan fingerprint density at radius 1 is 1.07 bits per heavy atom. The minimum Gasteiger partial charge on any atom is -0.491 e. The fraction of sp³-hybridized carbons (Fsp3) is 0.273. The molecule has 1 aliphatic heterocycles. The molecule has 0 spiro atoms. The van der Waals surface area contributed by atoms with Gasteiger partial charge < -0.3 is 9.64 Å². The minimum atomic E-state index is -0.318. The van der Waals surface area contributed by atoms with Crippen LogP contribution in [0.25, 0.3) is 5.69 Å². The summed E-state index contributed by atoms with van der Waals surface area (Å²) in [6.07, 6.45) is 3.12. The van der Waals surface area contributed by atoms with Crippen molar-refractivity contribution in [1.29, 1.82) is 0 Å². The molecule has 2 heterocycles. The van der Waals surface area contributed by atoms with Crippen LogP contribution in [0.4, 0.5) is 4.39 Å². The van der Waals surface area contributed by atoms with Gasteiger partial charge in [-0.25, -0.2) is 9.37 Å². The largest absolute Gasteiger partial charge is 0.491 e. The molecule has 0 aliphatic carbocycles. The molecular weight excluding hydrogens is 407 g/mol. The van der Waals surface area contributed by atoms with Crippen LogP contribution in [0.2, 0.25) is 5.02 Å². The number of benzene rings is 2. The van der Waals surface area contributed by atoms with Crippen LogP contribution in [0.15, 0.2) is 61.1 Å². The maximum atomic E-state index is 13.2. The molecule has 1 amide bonds. The van der Waals surface area contributed by atoms with Gasteiger partial charge in [0.2, 0.25) is 0 Å². The molecule has 30 heavy (non-hydrogen) atoms. The van der Waals surface area contributed by atoms with Crippen molar-refractivity contribution < 1.29 is 13.9 Å². The van der Waals surface area contributed by atoms with Crippen molar-refractivity contribution in [2.45, 2.75) is 0 Å². The number of amides is 1. The van der Waals surface area contributed by atoms with E-state index in [0.717, 1.165) is 19.6 Å². The molecule has 6 nitrogen and oxygen atoms in total. The maximum Gasteiger partial charge on any atom is 0.272 e. The van der Waals surface area contributed by atoms with Crippen LogP contribution in [-0.4, -0.2) is 64.6 Å². The quantitative estimate of drug-likeness (QED) is 0.603. The Bertz CT molecular complexity index is 1000. The van der Waals surface area contributed by atoms with E-state index >= 15 is 0 Å². The topological polar surface area (TPSA) is 50.6 Å². The van der Waals surface area contributed by atoms with E-state index in [0.29, 0.717) is 41.8 Å². The molecule has 0 unspecified atom stereocenters. The molecule has 3 aromatic rings. The normalized spacial score (nSPS) is 14.7. The standard InChI is InChI=1S/C22H22ClFN4O2/c23-19-3-1-2-4-21(19)30-14-13-26-9-11-27(12-10-26)22(29)20-15-25-16-28(20)18-7-5-17(24)6-8-18/h1-8,15-16H,9-14H2. The third kappa shape index (κ3) is 4.63. The SMILES string of the molecule is O=C(c1cncn1-c1ccc(F)cc1)N1CCN(CCOc2ccccc2Cl)CC1. The molecule has 0 N–H and O–H groups in total. The van der Waals surface area contributed by atoms with Gasteiger partial charge in [-0.15, -0.1) is 0 Å². The summed E-state index contributed by atoms with van der Waals surface area (Å²) >= 11 is 6.10. The molecule has 1 fully saturated rings. The van der Waals surface area contributed by atoms with E-state index < -0.39 is 0 Å². The van der Waals surface area contributed by atoms with Crippen molar-refractivity contribution in [2.24, 2.45) is 0 Å². The molecule has 1 saturated heterocycles. The molecule has 1 aliphatic rings. The Labute approximate surface area is 179 Å². The highest BCUT2D eigenvalue weighted by molar-refractivity contribution is 6.32. The molecule has 0 atom stereocenters. The summed E-state index contributed by atoms with van der Waals surface area (Å²) in [6.45, 7) is 4.08. The minimum absolute atomic E-state index is 0.0798. The molecule has 2 aromatic carbocycles. The number of para-hydroxylation sites is 1. The lowest BCUT2D eigenvalue weighted by Gasteiger charge is -2.34. The summed E-state index contributed by atoms with van der Waals surface area (Å²) in [5, 5.41) is 0.602. The van der Waals surface area contributed by atoms with Crippen molar-refractivity contribution >= 4 is 17.5 Å². The fourth-order valence-electron chi connectivity index (χ4n) is 3.44. The summed E-state index contributed by atoms with van der Waals surface area (Å²) in [4.78, 5) is 21.2. The lowest BCUT2D eigenvalue weighted by molar-refractivity contribution is 0.0612. The lowest BCUT2D eigenvalue weighted by atomic mass is 10.2. The monoisotopic (exact) mass is 428 g/mol. The van der Waals surface area contributed by atoms with Gasteiger partial charge >= 0.3 is 0 Å². The maximum absolute atomic E-state index is 13.2. The van der Waals surface area contributed by atoms with Crippen LogP contribution in [0.3, 0.4) is 0 Å². The summed E-state index contributed by atoms with van der Waals surface area (Å²) in [5.41, 5.74) is 1.17. The Kier molecular flexibility index (Phi) is 6.30. The Balaban J connectivity index is 1.30. The van der Waals surface area contributed by atoms with Crippen molar-refractivity contribution in [3.63, 3.8) is 0 Å². The number of carbonyl (C=O) groups is 1. The first-order chi connectivity index (χ1) is 14.6. The van der Waals surface area contributed by atoms with Gasteiger partial charge in [0.15, 0.2) is 0 Å². The van der Waals surface area contributed by atoms with Crippen molar-refractivity contribution in [1.82, 2.24) is 19.4 Å². The van der Waals surface area contributed by atoms with Crippen LogP contribution in [0.1, 0.15) is 10.5 Å². The molecule has 1 aromatic heterocycles. The van der Waals surface area contributed by atoms with E-state index in [1.807, 2.05) is 23.1 Å². The first-order valence-electron chi connectivity index (χ1n) is 9.79. The molecule has 156 valence electrons. The highest BCUT2D eigenvalue weighted by Gasteiger charge is 2.24. The smallest absolute Gasteiger partial charge is 0.272 e. The fourth-order valence-corrected chi connectivity index (χ4v) is 3.63. The number of hydrogen-bond donors (Lipinski definition) is 0. The predicted molar refractivity (Wildman–Crippen MR) is 113 cm³/mol. The summed E-state index contributed by atoms with van der Waals surface area (Å²) in [6, 6.07) is 13.4. The number of nitrogens with zero attached hydrogens (tertiary/aromatic N) is 4. The van der Waals surface area contributed by atoms with Gasteiger partial charge in [0.05, 0.1) is 17.5 Å². The Morgan fingerprint density at radius 3 is 2.53 bits per heavy atom. The van der Waals surface area contributed by atoms with Crippen molar-refractivity contribution in [3.05, 3.63) is 77.6 Å². The van der Waals surface area contributed by atoms with E-state index in [1.165, 1.54) is 12.1 Å². The van der Waals surface area contributed by atoms with E-state index in [2.05, 4.69) is 9.88 Å². The van der Waals surface area contributed by atoms with Crippen LogP contribution in [0, 0.1) is 5.82 Å². The van der Waals surface area contributed by atoms with E-state index in [-0.39, 0.29) is 11.7 Å². The number of aromatic nitrogens is 2. The van der Waals surface area contributed by atoms with E-state index in [9.17, 15) is 9.18 Å². The van der Waals surface area contributed by atoms with Gasteiger partial charge in [-0.05, 0) is 36.4 Å². The van der Waals surface area contributed by atoms with E-state index in [1.54, 1.807) is 35.3 Å². The number of hydrogen-bond acceptors (Lipinski definition) is 4. The first kappa shape index (κ1) is 20.4. The van der Waals surface area contributed by atoms with Gasteiger partial charge in [-0.3, -0.25) is 14.3 Å². The molecule has 0 bridgehead atoms. The third-order valence-corrected chi connectivity index (χ3v) is 5.44. The second-order valence-corrected chi connectivity index (χ2v) is 7.45. The van der Waals surface area contributed by atoms with Gasteiger partial charge in [-0.1, -0.05) is 23.7 Å². The zero-order valence-corrected chi connectivity index (χ0v) is 17.1. The van der Waals surface area contributed by atoms with Gasteiger partial charge in [0.25, 0.3) is 5.91 Å². The van der Waals surface area contributed by atoms with Crippen molar-refractivity contribution in [3.8, 4) is 11.4 Å².